The summed E-state index contributed by atoms with van der Waals surface area (Å²) in [7, 11) is 4.03. The largest absolute Gasteiger partial charge is 0.396 e. The van der Waals surface area contributed by atoms with Crippen LogP contribution in [0, 0.1) is 0 Å². The second-order valence-corrected chi connectivity index (χ2v) is 3.42. The van der Waals surface area contributed by atoms with Crippen LogP contribution in [0.2, 0.25) is 0 Å². The van der Waals surface area contributed by atoms with E-state index in [-0.39, 0.29) is 6.61 Å². The van der Waals surface area contributed by atoms with E-state index in [0.29, 0.717) is 6.54 Å². The van der Waals surface area contributed by atoms with Gasteiger partial charge < -0.3 is 16.2 Å². The third-order valence-corrected chi connectivity index (χ3v) is 2.01. The zero-order chi connectivity index (χ0) is 14.8. The van der Waals surface area contributed by atoms with Gasteiger partial charge >= 0.3 is 0 Å². The standard InChI is InChI=1S/C9H24N4O.2C2H4/c1-12(2)13(7-3-9-14)8-6-11-5-4-10;2*1-2/h11,14H,3-10H2,1-2H3;2*1-2H2. The molecule has 0 amide bonds. The van der Waals surface area contributed by atoms with Gasteiger partial charge in [0.25, 0.3) is 0 Å². The number of aliphatic hydroxyl groups is 1. The first kappa shape index (κ1) is 22.5. The van der Waals surface area contributed by atoms with Crippen molar-refractivity contribution in [3.05, 3.63) is 26.3 Å². The summed E-state index contributed by atoms with van der Waals surface area (Å²) in [6, 6.07) is 0. The Morgan fingerprint density at radius 1 is 1.06 bits per heavy atom. The molecule has 0 heterocycles. The Bertz CT molecular complexity index is 143. The molecule has 0 rings (SSSR count). The minimum Gasteiger partial charge on any atom is -0.396 e. The Morgan fingerprint density at radius 2 is 1.61 bits per heavy atom. The van der Waals surface area contributed by atoms with Crippen LogP contribution in [0.15, 0.2) is 26.3 Å². The summed E-state index contributed by atoms with van der Waals surface area (Å²) in [5, 5.41) is 16.2. The Balaban J connectivity index is -0.000000506. The number of rotatable bonds is 9. The van der Waals surface area contributed by atoms with Crippen LogP contribution >= 0.6 is 0 Å². The van der Waals surface area contributed by atoms with E-state index in [1.54, 1.807) is 0 Å². The highest BCUT2D eigenvalue weighted by atomic mass is 16.3. The van der Waals surface area contributed by atoms with Gasteiger partial charge in [0, 0.05) is 53.4 Å². The SMILES string of the molecule is C=C.C=C.CN(C)N(CCCO)CCNCCN. The fraction of sp³-hybridized carbons (Fsp3) is 0.692. The van der Waals surface area contributed by atoms with Crippen molar-refractivity contribution in [1.82, 2.24) is 15.3 Å². The average molecular weight is 260 g/mol. The van der Waals surface area contributed by atoms with Gasteiger partial charge in [-0.3, -0.25) is 0 Å². The number of hydrogen-bond donors (Lipinski definition) is 3. The molecule has 0 atom stereocenters. The van der Waals surface area contributed by atoms with Gasteiger partial charge in [-0.05, 0) is 6.42 Å². The van der Waals surface area contributed by atoms with Gasteiger partial charge in [0.15, 0.2) is 0 Å². The molecule has 0 spiro atoms. The molecule has 0 saturated heterocycles. The van der Waals surface area contributed by atoms with Crippen LogP contribution < -0.4 is 11.1 Å². The quantitative estimate of drug-likeness (QED) is 0.316. The summed E-state index contributed by atoms with van der Waals surface area (Å²) < 4.78 is 0. The molecule has 5 heteroatoms. The molecular weight excluding hydrogens is 228 g/mol. The second kappa shape index (κ2) is 21.6. The zero-order valence-corrected chi connectivity index (χ0v) is 12.2. The van der Waals surface area contributed by atoms with Crippen molar-refractivity contribution in [3.63, 3.8) is 0 Å². The van der Waals surface area contributed by atoms with Gasteiger partial charge in [-0.25, -0.2) is 10.0 Å². The monoisotopic (exact) mass is 260 g/mol. The highest BCUT2D eigenvalue weighted by molar-refractivity contribution is 4.55. The third kappa shape index (κ3) is 17.7. The highest BCUT2D eigenvalue weighted by Crippen LogP contribution is 1.92. The lowest BCUT2D eigenvalue weighted by Gasteiger charge is -2.28. The highest BCUT2D eigenvalue weighted by Gasteiger charge is 2.05. The molecular formula is C13H32N4O. The maximum atomic E-state index is 8.73. The maximum absolute atomic E-state index is 8.73. The van der Waals surface area contributed by atoms with Crippen molar-refractivity contribution in [1.29, 1.82) is 0 Å². The van der Waals surface area contributed by atoms with Gasteiger partial charge in [0.05, 0.1) is 0 Å². The van der Waals surface area contributed by atoms with Gasteiger partial charge in [0.1, 0.15) is 0 Å². The molecule has 110 valence electrons. The smallest absolute Gasteiger partial charge is 0.0443 e. The minimum absolute atomic E-state index is 0.251. The summed E-state index contributed by atoms with van der Waals surface area (Å²) >= 11 is 0. The molecule has 0 radical (unpaired) electrons. The average Bonchev–Trinajstić information content (AvgIpc) is 2.42. The summed E-state index contributed by atoms with van der Waals surface area (Å²) in [4.78, 5) is 0. The molecule has 0 bridgehead atoms. The fourth-order valence-electron chi connectivity index (χ4n) is 1.20. The van der Waals surface area contributed by atoms with Gasteiger partial charge in [-0.2, -0.15) is 0 Å². The number of nitrogens with zero attached hydrogens (tertiary/aromatic N) is 2. The summed E-state index contributed by atoms with van der Waals surface area (Å²) in [5.41, 5.74) is 5.37. The molecule has 4 N–H and O–H groups in total. The Hall–Kier alpha value is -0.720. The van der Waals surface area contributed by atoms with Crippen molar-refractivity contribution in [2.75, 3.05) is 53.4 Å². The maximum Gasteiger partial charge on any atom is 0.0443 e. The van der Waals surface area contributed by atoms with Crippen molar-refractivity contribution in [2.45, 2.75) is 6.42 Å². The van der Waals surface area contributed by atoms with E-state index in [1.165, 1.54) is 0 Å². The molecule has 0 aromatic heterocycles. The summed E-state index contributed by atoms with van der Waals surface area (Å²) in [6.45, 7) is 16.6. The number of nitrogens with two attached hydrogens (primary N) is 1. The summed E-state index contributed by atoms with van der Waals surface area (Å²) in [6.07, 6.45) is 0.815. The van der Waals surface area contributed by atoms with Crippen LogP contribution in [0.3, 0.4) is 0 Å². The van der Waals surface area contributed by atoms with Crippen LogP contribution in [0.25, 0.3) is 0 Å². The van der Waals surface area contributed by atoms with E-state index in [0.717, 1.165) is 32.6 Å². The lowest BCUT2D eigenvalue weighted by molar-refractivity contribution is 0.0210. The van der Waals surface area contributed by atoms with E-state index in [4.69, 9.17) is 10.8 Å². The Morgan fingerprint density at radius 3 is 2.00 bits per heavy atom. The zero-order valence-electron chi connectivity index (χ0n) is 12.2. The first-order chi connectivity index (χ1) is 8.72. The van der Waals surface area contributed by atoms with Crippen molar-refractivity contribution in [3.8, 4) is 0 Å². The number of hydrazine groups is 1. The minimum atomic E-state index is 0.251. The number of aliphatic hydroxyl groups excluding tert-OH is 1. The molecule has 0 aliphatic heterocycles. The van der Waals surface area contributed by atoms with Crippen LogP contribution in [0.1, 0.15) is 6.42 Å². The second-order valence-electron chi connectivity index (χ2n) is 3.42. The van der Waals surface area contributed by atoms with Gasteiger partial charge in [-0.15, -0.1) is 26.3 Å². The van der Waals surface area contributed by atoms with Gasteiger partial charge in [0.2, 0.25) is 0 Å². The lowest BCUT2D eigenvalue weighted by Crippen LogP contribution is -2.42. The van der Waals surface area contributed by atoms with Crippen LogP contribution in [-0.2, 0) is 0 Å². The molecule has 18 heavy (non-hydrogen) atoms. The van der Waals surface area contributed by atoms with Crippen molar-refractivity contribution >= 4 is 0 Å². The van der Waals surface area contributed by atoms with Crippen LogP contribution in [-0.4, -0.2) is 68.6 Å². The van der Waals surface area contributed by atoms with Crippen LogP contribution in [0.4, 0.5) is 0 Å². The van der Waals surface area contributed by atoms with E-state index < -0.39 is 0 Å². The number of hydrogen-bond acceptors (Lipinski definition) is 5. The first-order valence-electron chi connectivity index (χ1n) is 6.16. The van der Waals surface area contributed by atoms with E-state index in [9.17, 15) is 0 Å². The topological polar surface area (TPSA) is 64.8 Å². The predicted octanol–water partition coefficient (Wildman–Crippen LogP) is 0.300. The molecule has 0 aromatic carbocycles. The van der Waals surface area contributed by atoms with Crippen molar-refractivity contribution < 1.29 is 5.11 Å². The lowest BCUT2D eigenvalue weighted by atomic mass is 10.4. The van der Waals surface area contributed by atoms with Crippen LogP contribution in [0.5, 0.6) is 0 Å². The number of nitrogens with one attached hydrogen (secondary N) is 1. The molecule has 0 aliphatic rings. The molecule has 0 aliphatic carbocycles. The molecule has 0 unspecified atom stereocenters. The first-order valence-corrected chi connectivity index (χ1v) is 6.16. The predicted molar refractivity (Wildman–Crippen MR) is 81.4 cm³/mol. The van der Waals surface area contributed by atoms with E-state index in [2.05, 4.69) is 41.7 Å². The molecule has 0 aromatic rings. The van der Waals surface area contributed by atoms with E-state index in [1.807, 2.05) is 14.1 Å². The Kier molecular flexibility index (Phi) is 26.9. The fourth-order valence-corrected chi connectivity index (χ4v) is 1.20. The third-order valence-electron chi connectivity index (χ3n) is 2.01. The Labute approximate surface area is 113 Å². The van der Waals surface area contributed by atoms with Crippen molar-refractivity contribution in [2.24, 2.45) is 5.73 Å². The molecule has 0 fully saturated rings. The molecule has 0 saturated carbocycles. The van der Waals surface area contributed by atoms with E-state index >= 15 is 0 Å². The normalized spacial score (nSPS) is 9.44. The molecule has 5 nitrogen and oxygen atoms in total. The summed E-state index contributed by atoms with van der Waals surface area (Å²) in [5.74, 6) is 0. The van der Waals surface area contributed by atoms with Gasteiger partial charge in [-0.1, -0.05) is 0 Å².